The Bertz CT molecular complexity index is 556. The second-order valence-corrected chi connectivity index (χ2v) is 6.90. The summed E-state index contributed by atoms with van der Waals surface area (Å²) in [5.74, 6) is -0.294. The van der Waals surface area contributed by atoms with Crippen LogP contribution in [-0.2, 0) is 25.5 Å². The lowest BCUT2D eigenvalue weighted by molar-refractivity contribution is -0.159. The van der Waals surface area contributed by atoms with Gasteiger partial charge >= 0.3 is 5.97 Å². The van der Waals surface area contributed by atoms with Crippen LogP contribution in [0.25, 0.3) is 0 Å². The van der Waals surface area contributed by atoms with E-state index in [0.29, 0.717) is 12.5 Å². The molecule has 0 aliphatic heterocycles. The minimum absolute atomic E-state index is 0.0352. The summed E-state index contributed by atoms with van der Waals surface area (Å²) in [5.41, 5.74) is 2.39. The Morgan fingerprint density at radius 1 is 1.12 bits per heavy atom. The van der Waals surface area contributed by atoms with Crippen molar-refractivity contribution in [1.82, 2.24) is 5.32 Å². The molecular weight excluding hydrogens is 318 g/mol. The van der Waals surface area contributed by atoms with Gasteiger partial charge in [-0.05, 0) is 50.7 Å². The van der Waals surface area contributed by atoms with E-state index in [-0.39, 0.29) is 18.6 Å². The Hall–Kier alpha value is -1.88. The van der Waals surface area contributed by atoms with E-state index in [1.54, 1.807) is 6.92 Å². The number of nitrogens with one attached hydrogen (secondary N) is 1. The number of aryl methyl sites for hydroxylation is 1. The average molecular weight is 349 g/mol. The van der Waals surface area contributed by atoms with E-state index >= 15 is 0 Å². The van der Waals surface area contributed by atoms with Crippen LogP contribution >= 0.6 is 0 Å². The van der Waals surface area contributed by atoms with Crippen molar-refractivity contribution in [3.05, 3.63) is 35.4 Å². The number of carbonyl (C=O) groups is 2. The van der Waals surface area contributed by atoms with E-state index in [9.17, 15) is 9.59 Å². The summed E-state index contributed by atoms with van der Waals surface area (Å²) in [6.07, 6.45) is 0.964. The molecule has 1 amide bonds. The lowest BCUT2D eigenvalue weighted by atomic mass is 10.0. The summed E-state index contributed by atoms with van der Waals surface area (Å²) in [7, 11) is 0. The van der Waals surface area contributed by atoms with Gasteiger partial charge in [0.15, 0.2) is 12.7 Å². The Morgan fingerprint density at radius 3 is 2.44 bits per heavy atom. The second kappa shape index (κ2) is 10.9. The molecule has 25 heavy (non-hydrogen) atoms. The predicted octanol–water partition coefficient (Wildman–Crippen LogP) is 3.04. The average Bonchev–Trinajstić information content (AvgIpc) is 2.54. The summed E-state index contributed by atoms with van der Waals surface area (Å²) < 4.78 is 10.4. The molecule has 0 saturated heterocycles. The monoisotopic (exact) mass is 349 g/mol. The second-order valence-electron chi connectivity index (χ2n) is 6.90. The molecule has 1 N–H and O–H groups in total. The van der Waals surface area contributed by atoms with Crippen LogP contribution < -0.4 is 5.32 Å². The van der Waals surface area contributed by atoms with Gasteiger partial charge in [0.05, 0.1) is 0 Å². The number of amides is 1. The maximum atomic E-state index is 11.9. The van der Waals surface area contributed by atoms with Crippen molar-refractivity contribution in [2.24, 2.45) is 5.92 Å². The highest BCUT2D eigenvalue weighted by Crippen LogP contribution is 2.09. The molecule has 1 aromatic carbocycles. The molecule has 0 spiro atoms. The zero-order valence-electron chi connectivity index (χ0n) is 16.0. The number of carbonyl (C=O) groups excluding carboxylic acids is 2. The molecule has 2 unspecified atom stereocenters. The largest absolute Gasteiger partial charge is 0.454 e. The van der Waals surface area contributed by atoms with Crippen LogP contribution in [0, 0.1) is 12.8 Å². The molecule has 0 radical (unpaired) electrons. The molecule has 0 heterocycles. The molecule has 140 valence electrons. The quantitative estimate of drug-likeness (QED) is 0.660. The number of hydrogen-bond donors (Lipinski definition) is 1. The molecule has 0 aromatic heterocycles. The highest BCUT2D eigenvalue weighted by molar-refractivity contribution is 5.82. The number of hydrogen-bond acceptors (Lipinski definition) is 4. The van der Waals surface area contributed by atoms with E-state index < -0.39 is 12.1 Å². The van der Waals surface area contributed by atoms with E-state index in [0.717, 1.165) is 12.8 Å². The Labute approximate surface area is 151 Å². The number of ether oxygens (including phenoxy) is 2. The number of benzene rings is 1. The Morgan fingerprint density at radius 2 is 1.80 bits per heavy atom. The van der Waals surface area contributed by atoms with Crippen molar-refractivity contribution in [3.63, 3.8) is 0 Å². The zero-order valence-corrected chi connectivity index (χ0v) is 16.0. The van der Waals surface area contributed by atoms with Crippen molar-refractivity contribution < 1.29 is 19.1 Å². The van der Waals surface area contributed by atoms with Gasteiger partial charge in [-0.1, -0.05) is 38.1 Å². The van der Waals surface area contributed by atoms with Gasteiger partial charge in [-0.15, -0.1) is 0 Å². The van der Waals surface area contributed by atoms with Gasteiger partial charge in [-0.25, -0.2) is 4.79 Å². The summed E-state index contributed by atoms with van der Waals surface area (Å²) in [5, 5.41) is 2.85. The molecule has 1 rings (SSSR count). The van der Waals surface area contributed by atoms with Crippen molar-refractivity contribution in [1.29, 1.82) is 0 Å². The van der Waals surface area contributed by atoms with Crippen LogP contribution in [0.1, 0.15) is 45.2 Å². The normalized spacial score (nSPS) is 13.4. The third-order valence-electron chi connectivity index (χ3n) is 3.94. The number of rotatable bonds is 10. The van der Waals surface area contributed by atoms with Gasteiger partial charge in [0.1, 0.15) is 0 Å². The summed E-state index contributed by atoms with van der Waals surface area (Å²) in [6.45, 7) is 10.0. The highest BCUT2D eigenvalue weighted by Gasteiger charge is 2.17. The Balaban J connectivity index is 2.29. The van der Waals surface area contributed by atoms with Gasteiger partial charge in [0.2, 0.25) is 0 Å². The number of esters is 1. The SMILES string of the molecule is Cc1ccccc1CC(C)NC(=O)COC(=O)C(C)OCCC(C)C. The molecule has 2 atom stereocenters. The van der Waals surface area contributed by atoms with Crippen molar-refractivity contribution >= 4 is 11.9 Å². The third kappa shape index (κ3) is 8.68. The van der Waals surface area contributed by atoms with Gasteiger partial charge in [-0.2, -0.15) is 0 Å². The first-order valence-electron chi connectivity index (χ1n) is 8.91. The minimum atomic E-state index is -0.657. The maximum Gasteiger partial charge on any atom is 0.335 e. The van der Waals surface area contributed by atoms with E-state index in [4.69, 9.17) is 9.47 Å². The van der Waals surface area contributed by atoms with Gasteiger partial charge in [0, 0.05) is 12.6 Å². The summed E-state index contributed by atoms with van der Waals surface area (Å²) in [4.78, 5) is 23.7. The topological polar surface area (TPSA) is 64.6 Å². The lowest BCUT2D eigenvalue weighted by Gasteiger charge is -2.16. The molecule has 5 nitrogen and oxygen atoms in total. The maximum absolute atomic E-state index is 11.9. The van der Waals surface area contributed by atoms with Crippen LogP contribution in [0.3, 0.4) is 0 Å². The molecular formula is C20H31NO4. The fraction of sp³-hybridized carbons (Fsp3) is 0.600. The van der Waals surface area contributed by atoms with Gasteiger partial charge < -0.3 is 14.8 Å². The molecule has 0 fully saturated rings. The predicted molar refractivity (Wildman–Crippen MR) is 98.3 cm³/mol. The summed E-state index contributed by atoms with van der Waals surface area (Å²) >= 11 is 0. The van der Waals surface area contributed by atoms with Crippen molar-refractivity contribution in [2.75, 3.05) is 13.2 Å². The molecule has 0 aliphatic rings. The van der Waals surface area contributed by atoms with E-state index in [2.05, 4.69) is 19.2 Å². The summed E-state index contributed by atoms with van der Waals surface area (Å²) in [6, 6.07) is 8.04. The van der Waals surface area contributed by atoms with E-state index in [1.807, 2.05) is 38.1 Å². The highest BCUT2D eigenvalue weighted by atomic mass is 16.6. The van der Waals surface area contributed by atoms with Crippen molar-refractivity contribution in [2.45, 2.75) is 59.6 Å². The first-order valence-corrected chi connectivity index (χ1v) is 8.91. The molecule has 1 aromatic rings. The third-order valence-corrected chi connectivity index (χ3v) is 3.94. The lowest BCUT2D eigenvalue weighted by Crippen LogP contribution is -2.38. The zero-order chi connectivity index (χ0) is 18.8. The van der Waals surface area contributed by atoms with Crippen LogP contribution in [-0.4, -0.2) is 37.2 Å². The van der Waals surface area contributed by atoms with Crippen molar-refractivity contribution in [3.8, 4) is 0 Å². The minimum Gasteiger partial charge on any atom is -0.454 e. The first-order chi connectivity index (χ1) is 11.8. The van der Waals surface area contributed by atoms with Gasteiger partial charge in [0.25, 0.3) is 5.91 Å². The molecule has 0 bridgehead atoms. The van der Waals surface area contributed by atoms with Crippen LogP contribution in [0.4, 0.5) is 0 Å². The molecule has 0 aliphatic carbocycles. The smallest absolute Gasteiger partial charge is 0.335 e. The van der Waals surface area contributed by atoms with Crippen LogP contribution in [0.5, 0.6) is 0 Å². The molecule has 0 saturated carbocycles. The van der Waals surface area contributed by atoms with Crippen LogP contribution in [0.15, 0.2) is 24.3 Å². The molecule has 5 heteroatoms. The standard InChI is InChI=1S/C20H31NO4/c1-14(2)10-11-24-17(5)20(23)25-13-19(22)21-16(4)12-18-9-7-6-8-15(18)3/h6-9,14,16-17H,10-13H2,1-5H3,(H,21,22). The van der Waals surface area contributed by atoms with E-state index in [1.165, 1.54) is 11.1 Å². The van der Waals surface area contributed by atoms with Gasteiger partial charge in [-0.3, -0.25) is 4.79 Å². The first kappa shape index (κ1) is 21.2. The Kier molecular flexibility index (Phi) is 9.21. The fourth-order valence-corrected chi connectivity index (χ4v) is 2.34. The fourth-order valence-electron chi connectivity index (χ4n) is 2.34. The van der Waals surface area contributed by atoms with Crippen LogP contribution in [0.2, 0.25) is 0 Å².